The third-order valence-corrected chi connectivity index (χ3v) is 4.34. The number of benzene rings is 2. The number of fused-ring (bicyclic) bond motifs is 1. The number of halogens is 1. The second-order valence-corrected chi connectivity index (χ2v) is 7.28. The molecule has 1 unspecified atom stereocenters. The van der Waals surface area contributed by atoms with E-state index < -0.39 is 0 Å². The maximum absolute atomic E-state index is 10.2. The zero-order valence-electron chi connectivity index (χ0n) is 14.9. The molecule has 3 aromatic rings. The highest BCUT2D eigenvalue weighted by Crippen LogP contribution is 2.32. The minimum Gasteiger partial charge on any atom is -0.507 e. The highest BCUT2D eigenvalue weighted by molar-refractivity contribution is 6.30. The monoisotopic (exact) mass is 370 g/mol. The number of hydrogen-bond donors (Lipinski definition) is 3. The summed E-state index contributed by atoms with van der Waals surface area (Å²) in [4.78, 5) is 9.22. The van der Waals surface area contributed by atoms with Crippen LogP contribution in [0.5, 0.6) is 5.75 Å². The van der Waals surface area contributed by atoms with Crippen LogP contribution in [-0.2, 0) is 0 Å². The maximum Gasteiger partial charge on any atom is 0.165 e. The predicted octanol–water partition coefficient (Wildman–Crippen LogP) is 4.44. The Morgan fingerprint density at radius 2 is 1.92 bits per heavy atom. The van der Waals surface area contributed by atoms with Crippen molar-refractivity contribution in [2.24, 2.45) is 11.7 Å². The Kier molecular flexibility index (Phi) is 5.59. The first-order valence-corrected chi connectivity index (χ1v) is 9.07. The van der Waals surface area contributed by atoms with Gasteiger partial charge in [-0.3, -0.25) is 0 Å². The fourth-order valence-electron chi connectivity index (χ4n) is 2.94. The summed E-state index contributed by atoms with van der Waals surface area (Å²) in [6.45, 7) is 4.92. The summed E-state index contributed by atoms with van der Waals surface area (Å²) in [5, 5.41) is 15.0. The van der Waals surface area contributed by atoms with E-state index in [1.165, 1.54) is 6.07 Å². The summed E-state index contributed by atoms with van der Waals surface area (Å²) in [5.41, 5.74) is 7.53. The molecule has 3 rings (SSSR count). The molecule has 2 aromatic carbocycles. The molecule has 0 amide bonds. The van der Waals surface area contributed by atoms with Crippen LogP contribution in [0.1, 0.15) is 20.3 Å². The Labute approximate surface area is 158 Å². The van der Waals surface area contributed by atoms with E-state index in [9.17, 15) is 5.11 Å². The van der Waals surface area contributed by atoms with E-state index in [1.807, 2.05) is 24.3 Å². The van der Waals surface area contributed by atoms with Crippen LogP contribution >= 0.6 is 11.6 Å². The van der Waals surface area contributed by atoms with Crippen molar-refractivity contribution in [3.63, 3.8) is 0 Å². The molecule has 6 heteroatoms. The van der Waals surface area contributed by atoms with E-state index in [-0.39, 0.29) is 11.8 Å². The van der Waals surface area contributed by atoms with Crippen molar-refractivity contribution in [3.8, 4) is 17.1 Å². The lowest BCUT2D eigenvalue weighted by Crippen LogP contribution is -2.30. The van der Waals surface area contributed by atoms with E-state index in [2.05, 4.69) is 29.1 Å². The lowest BCUT2D eigenvalue weighted by Gasteiger charge is -2.17. The van der Waals surface area contributed by atoms with Gasteiger partial charge in [-0.05, 0) is 42.7 Å². The molecule has 0 aliphatic carbocycles. The Morgan fingerprint density at radius 3 is 2.65 bits per heavy atom. The molecule has 5 nitrogen and oxygen atoms in total. The van der Waals surface area contributed by atoms with Crippen LogP contribution in [0, 0.1) is 5.92 Å². The Hall–Kier alpha value is -2.37. The zero-order valence-corrected chi connectivity index (χ0v) is 15.7. The first kappa shape index (κ1) is 18.4. The lowest BCUT2D eigenvalue weighted by atomic mass is 10.0. The van der Waals surface area contributed by atoms with Gasteiger partial charge in [0, 0.05) is 23.0 Å². The van der Waals surface area contributed by atoms with Gasteiger partial charge < -0.3 is 16.2 Å². The molecule has 0 saturated heterocycles. The molecule has 0 fully saturated rings. The van der Waals surface area contributed by atoms with E-state index in [4.69, 9.17) is 17.3 Å². The van der Waals surface area contributed by atoms with E-state index in [0.29, 0.717) is 34.7 Å². The number of aromatic nitrogens is 2. The number of anilines is 1. The normalized spacial score (nSPS) is 12.5. The number of hydrogen-bond acceptors (Lipinski definition) is 5. The van der Waals surface area contributed by atoms with Crippen molar-refractivity contribution in [2.75, 3.05) is 11.9 Å². The molecule has 136 valence electrons. The van der Waals surface area contributed by atoms with Gasteiger partial charge in [0.05, 0.1) is 11.1 Å². The number of nitrogens with two attached hydrogens (primary N) is 1. The Morgan fingerprint density at radius 1 is 1.15 bits per heavy atom. The molecule has 0 radical (unpaired) electrons. The molecule has 1 heterocycles. The quantitative estimate of drug-likeness (QED) is 0.597. The topological polar surface area (TPSA) is 84.1 Å². The van der Waals surface area contributed by atoms with Gasteiger partial charge in [0.25, 0.3) is 0 Å². The van der Waals surface area contributed by atoms with Gasteiger partial charge in [0.15, 0.2) is 5.82 Å². The maximum atomic E-state index is 10.2. The first-order chi connectivity index (χ1) is 12.4. The second-order valence-electron chi connectivity index (χ2n) is 6.84. The molecule has 0 saturated carbocycles. The van der Waals surface area contributed by atoms with Crippen molar-refractivity contribution in [2.45, 2.75) is 26.3 Å². The largest absolute Gasteiger partial charge is 0.507 e. The molecule has 26 heavy (non-hydrogen) atoms. The summed E-state index contributed by atoms with van der Waals surface area (Å²) in [5.74, 6) is 1.74. The minimum absolute atomic E-state index is 0.0381. The van der Waals surface area contributed by atoms with E-state index in [1.54, 1.807) is 12.1 Å². The molecule has 0 bridgehead atoms. The average Bonchev–Trinajstić information content (AvgIpc) is 2.59. The Balaban J connectivity index is 1.98. The zero-order chi connectivity index (χ0) is 18.7. The van der Waals surface area contributed by atoms with E-state index >= 15 is 0 Å². The number of phenols is 1. The van der Waals surface area contributed by atoms with Crippen molar-refractivity contribution in [1.29, 1.82) is 0 Å². The number of phenolic OH excluding ortho intramolecular Hbond substituents is 1. The number of rotatable bonds is 6. The predicted molar refractivity (Wildman–Crippen MR) is 108 cm³/mol. The van der Waals surface area contributed by atoms with Crippen molar-refractivity contribution in [3.05, 3.63) is 47.5 Å². The molecular weight excluding hydrogens is 348 g/mol. The van der Waals surface area contributed by atoms with Gasteiger partial charge in [0.2, 0.25) is 0 Å². The first-order valence-electron chi connectivity index (χ1n) is 8.69. The van der Waals surface area contributed by atoms with Gasteiger partial charge in [-0.25, -0.2) is 9.97 Å². The third-order valence-electron chi connectivity index (χ3n) is 4.11. The van der Waals surface area contributed by atoms with Crippen LogP contribution in [0.4, 0.5) is 5.82 Å². The molecular formula is C20H23ClN4O. The van der Waals surface area contributed by atoms with Gasteiger partial charge in [-0.2, -0.15) is 0 Å². The second kappa shape index (κ2) is 7.89. The van der Waals surface area contributed by atoms with Gasteiger partial charge in [-0.15, -0.1) is 0 Å². The standard InChI is InChI=1S/C20H23ClN4O/c1-12(2)9-14(22)11-23-19-15-5-3-4-6-17(15)24-20(25-19)16-8-7-13(21)10-18(16)26/h3-8,10,12,14,26H,9,11,22H2,1-2H3,(H,23,24,25). The van der Waals surface area contributed by atoms with Crippen LogP contribution in [0.25, 0.3) is 22.3 Å². The summed E-state index contributed by atoms with van der Waals surface area (Å²) >= 11 is 5.93. The van der Waals surface area contributed by atoms with Crippen molar-refractivity contribution >= 4 is 28.3 Å². The third kappa shape index (κ3) is 4.23. The highest BCUT2D eigenvalue weighted by Gasteiger charge is 2.13. The smallest absolute Gasteiger partial charge is 0.165 e. The molecule has 0 spiro atoms. The van der Waals surface area contributed by atoms with Crippen LogP contribution in [0.2, 0.25) is 5.02 Å². The van der Waals surface area contributed by atoms with Gasteiger partial charge in [0.1, 0.15) is 11.6 Å². The van der Waals surface area contributed by atoms with Crippen LogP contribution in [0.15, 0.2) is 42.5 Å². The summed E-state index contributed by atoms with van der Waals surface area (Å²) < 4.78 is 0. The molecule has 0 aliphatic heterocycles. The van der Waals surface area contributed by atoms with Crippen molar-refractivity contribution < 1.29 is 5.11 Å². The molecule has 4 N–H and O–H groups in total. The van der Waals surface area contributed by atoms with Crippen LogP contribution in [-0.4, -0.2) is 27.7 Å². The van der Waals surface area contributed by atoms with Gasteiger partial charge >= 0.3 is 0 Å². The average molecular weight is 371 g/mol. The fourth-order valence-corrected chi connectivity index (χ4v) is 3.11. The molecule has 1 atom stereocenters. The van der Waals surface area contributed by atoms with Gasteiger partial charge in [-0.1, -0.05) is 37.6 Å². The van der Waals surface area contributed by atoms with Crippen LogP contribution in [0.3, 0.4) is 0 Å². The Bertz CT molecular complexity index is 913. The number of para-hydroxylation sites is 1. The molecule has 0 aliphatic rings. The molecule has 1 aromatic heterocycles. The summed E-state index contributed by atoms with van der Waals surface area (Å²) in [6, 6.07) is 12.7. The minimum atomic E-state index is 0.0381. The van der Waals surface area contributed by atoms with Crippen LogP contribution < -0.4 is 11.1 Å². The van der Waals surface area contributed by atoms with Crippen molar-refractivity contribution in [1.82, 2.24) is 9.97 Å². The highest BCUT2D eigenvalue weighted by atomic mass is 35.5. The SMILES string of the molecule is CC(C)CC(N)CNc1nc(-c2ccc(Cl)cc2O)nc2ccccc12. The lowest BCUT2D eigenvalue weighted by molar-refractivity contribution is 0.477. The van der Waals surface area contributed by atoms with E-state index in [0.717, 1.165) is 17.3 Å². The summed E-state index contributed by atoms with van der Waals surface area (Å²) in [6.07, 6.45) is 0.931. The summed E-state index contributed by atoms with van der Waals surface area (Å²) in [7, 11) is 0. The fraction of sp³-hybridized carbons (Fsp3) is 0.300. The number of nitrogens with zero attached hydrogens (tertiary/aromatic N) is 2. The number of aromatic hydroxyl groups is 1. The number of nitrogens with one attached hydrogen (secondary N) is 1.